The van der Waals surface area contributed by atoms with E-state index in [4.69, 9.17) is 0 Å². The average molecular weight is 299 g/mol. The van der Waals surface area contributed by atoms with E-state index in [-0.39, 0.29) is 27.0 Å². The Kier molecular flexibility index (Phi) is 19.7. The van der Waals surface area contributed by atoms with Crippen molar-refractivity contribution in [1.82, 2.24) is 4.90 Å². The third kappa shape index (κ3) is 17.9. The van der Waals surface area contributed by atoms with Crippen LogP contribution in [0.4, 0.5) is 0 Å². The maximum absolute atomic E-state index is 9.94. The molecule has 2 nitrogen and oxygen atoms in total. The van der Waals surface area contributed by atoms with Crippen LogP contribution in [0, 0.1) is 14.1 Å². The molecule has 0 saturated carbocycles. The van der Waals surface area contributed by atoms with Gasteiger partial charge in [0.2, 0.25) is 0 Å². The van der Waals surface area contributed by atoms with Crippen LogP contribution in [0.1, 0.15) is 20.8 Å². The minimum Gasteiger partial charge on any atom is -0.642 e. The van der Waals surface area contributed by atoms with Crippen LogP contribution in [0.15, 0.2) is 0 Å². The minimum absolute atomic E-state index is 0. The standard InChI is InChI=1S/C4H7NO.C2H6.W/c1-4(6)5(2)3;1-2;/h2-3H2,1H3;1-2H3;/q-2;;+2. The van der Waals surface area contributed by atoms with Gasteiger partial charge in [-0.1, -0.05) is 13.8 Å². The molecule has 54 valence electrons. The van der Waals surface area contributed by atoms with Crippen molar-refractivity contribution >= 4 is 5.91 Å². The van der Waals surface area contributed by atoms with Crippen molar-refractivity contribution in [2.75, 3.05) is 0 Å². The largest absolute Gasteiger partial charge is 2.00 e. The van der Waals surface area contributed by atoms with E-state index in [9.17, 15) is 4.79 Å². The number of hydrogen-bond donors (Lipinski definition) is 0. The van der Waals surface area contributed by atoms with Gasteiger partial charge in [-0.2, -0.15) is 0 Å². The molecule has 0 bridgehead atoms. The molecule has 0 aromatic carbocycles. The summed E-state index contributed by atoms with van der Waals surface area (Å²) in [6.45, 7) is 5.40. The van der Waals surface area contributed by atoms with E-state index in [1.807, 2.05) is 13.8 Å². The summed E-state index contributed by atoms with van der Waals surface area (Å²) in [5.74, 6) is -0.130. The number of amides is 1. The molecule has 3 heteroatoms. The summed E-state index contributed by atoms with van der Waals surface area (Å²) in [6.07, 6.45) is 0. The van der Waals surface area contributed by atoms with E-state index in [0.717, 1.165) is 4.90 Å². The van der Waals surface area contributed by atoms with Gasteiger partial charge in [-0.25, -0.2) is 0 Å². The summed E-state index contributed by atoms with van der Waals surface area (Å²) in [7, 11) is 6.42. The molecule has 0 fully saturated rings. The van der Waals surface area contributed by atoms with Gasteiger partial charge in [0, 0.05) is 6.92 Å². The van der Waals surface area contributed by atoms with Crippen LogP contribution in [0.2, 0.25) is 0 Å². The zero-order valence-corrected chi connectivity index (χ0v) is 9.11. The van der Waals surface area contributed by atoms with Gasteiger partial charge in [-0.15, -0.1) is 0 Å². The van der Waals surface area contributed by atoms with Gasteiger partial charge in [-0.3, -0.25) is 18.9 Å². The van der Waals surface area contributed by atoms with Crippen LogP contribution in [0.3, 0.4) is 0 Å². The Morgan fingerprint density at radius 3 is 1.44 bits per heavy atom. The average Bonchev–Trinajstić information content (AvgIpc) is 1.72. The molecule has 0 N–H and O–H groups in total. The molecule has 0 aliphatic rings. The van der Waals surface area contributed by atoms with E-state index < -0.39 is 0 Å². The fourth-order valence-electron chi connectivity index (χ4n) is 0. The molecule has 0 aromatic heterocycles. The van der Waals surface area contributed by atoms with Crippen molar-refractivity contribution < 1.29 is 25.9 Å². The van der Waals surface area contributed by atoms with E-state index in [1.54, 1.807) is 0 Å². The maximum Gasteiger partial charge on any atom is 2.00 e. The molecule has 0 spiro atoms. The van der Waals surface area contributed by atoms with Crippen molar-refractivity contribution in [2.24, 2.45) is 0 Å². The molecular formula is C6H13NOW. The van der Waals surface area contributed by atoms with E-state index in [1.165, 1.54) is 6.92 Å². The van der Waals surface area contributed by atoms with Crippen LogP contribution in [0.25, 0.3) is 0 Å². The molecule has 0 saturated heterocycles. The van der Waals surface area contributed by atoms with E-state index in [0.29, 0.717) is 0 Å². The Hall–Kier alpha value is 0.158. The van der Waals surface area contributed by atoms with Gasteiger partial charge in [-0.05, 0) is 0 Å². The van der Waals surface area contributed by atoms with Crippen LogP contribution in [-0.4, -0.2) is 10.8 Å². The van der Waals surface area contributed by atoms with E-state index >= 15 is 0 Å². The fraction of sp³-hybridized carbons (Fsp3) is 0.500. The summed E-state index contributed by atoms with van der Waals surface area (Å²) in [6, 6.07) is 0. The van der Waals surface area contributed by atoms with Crippen molar-refractivity contribution in [2.45, 2.75) is 20.8 Å². The smallest absolute Gasteiger partial charge is 0.642 e. The second-order valence-electron chi connectivity index (χ2n) is 1.06. The summed E-state index contributed by atoms with van der Waals surface area (Å²) in [5.41, 5.74) is 0. The molecule has 0 rings (SSSR count). The zero-order valence-electron chi connectivity index (χ0n) is 6.18. The predicted molar refractivity (Wildman–Crippen MR) is 34.6 cm³/mol. The monoisotopic (exact) mass is 299 g/mol. The predicted octanol–water partition coefficient (Wildman–Crippen LogP) is 1.44. The van der Waals surface area contributed by atoms with E-state index in [2.05, 4.69) is 14.1 Å². The topological polar surface area (TPSA) is 20.3 Å². The first-order chi connectivity index (χ1) is 3.64. The summed E-state index contributed by atoms with van der Waals surface area (Å²) in [4.78, 5) is 11.0. The summed E-state index contributed by atoms with van der Waals surface area (Å²) < 4.78 is 0. The van der Waals surface area contributed by atoms with Crippen molar-refractivity contribution in [3.8, 4) is 0 Å². The molecule has 0 aromatic rings. The second kappa shape index (κ2) is 11.0. The Morgan fingerprint density at radius 1 is 1.33 bits per heavy atom. The normalized spacial score (nSPS) is 5.89. The zero-order chi connectivity index (χ0) is 7.15. The van der Waals surface area contributed by atoms with Crippen molar-refractivity contribution in [3.63, 3.8) is 0 Å². The Morgan fingerprint density at radius 2 is 1.44 bits per heavy atom. The second-order valence-corrected chi connectivity index (χ2v) is 1.06. The molecule has 0 atom stereocenters. The molecule has 0 aliphatic heterocycles. The Labute approximate surface area is 71.9 Å². The van der Waals surface area contributed by atoms with Crippen LogP contribution < -0.4 is 0 Å². The first-order valence-electron chi connectivity index (χ1n) is 2.56. The molecular weight excluding hydrogens is 286 g/mol. The number of hydrogen-bond acceptors (Lipinski definition) is 1. The quantitative estimate of drug-likeness (QED) is 0.620. The molecule has 0 heterocycles. The number of nitrogens with zero attached hydrogens (tertiary/aromatic N) is 1. The number of rotatable bonds is 0. The Balaban J connectivity index is -0.000000109. The van der Waals surface area contributed by atoms with Gasteiger partial charge in [0.25, 0.3) is 0 Å². The third-order valence-corrected chi connectivity index (χ3v) is 0.445. The van der Waals surface area contributed by atoms with Gasteiger partial charge in [0.05, 0.1) is 0 Å². The fourth-order valence-corrected chi connectivity index (χ4v) is 0. The third-order valence-electron chi connectivity index (χ3n) is 0.445. The van der Waals surface area contributed by atoms with Crippen LogP contribution in [-0.2, 0) is 25.9 Å². The van der Waals surface area contributed by atoms with Crippen LogP contribution in [0.5, 0.6) is 0 Å². The Bertz CT molecular complexity index is 64.1. The van der Waals surface area contributed by atoms with Gasteiger partial charge in [0.1, 0.15) is 0 Å². The van der Waals surface area contributed by atoms with Crippen molar-refractivity contribution in [3.05, 3.63) is 14.1 Å². The molecule has 0 unspecified atom stereocenters. The first-order valence-corrected chi connectivity index (χ1v) is 2.56. The summed E-state index contributed by atoms with van der Waals surface area (Å²) >= 11 is 0. The van der Waals surface area contributed by atoms with Crippen LogP contribution >= 0.6 is 0 Å². The maximum atomic E-state index is 9.94. The SMILES string of the molecule is CC.[CH2-]N([CH2-])C(C)=O.[W+2]. The summed E-state index contributed by atoms with van der Waals surface area (Å²) in [5, 5.41) is 0. The number of carbonyl (C=O) groups excluding carboxylic acids is 1. The van der Waals surface area contributed by atoms with Gasteiger partial charge in [0.15, 0.2) is 5.91 Å². The molecule has 9 heavy (non-hydrogen) atoms. The first kappa shape index (κ1) is 16.1. The number of carbonyl (C=O) groups is 1. The minimum atomic E-state index is -0.130. The van der Waals surface area contributed by atoms with Gasteiger partial charge >= 0.3 is 21.1 Å². The molecule has 0 aliphatic carbocycles. The molecule has 1 amide bonds. The van der Waals surface area contributed by atoms with Crippen molar-refractivity contribution in [1.29, 1.82) is 0 Å². The molecule has 0 radical (unpaired) electrons. The van der Waals surface area contributed by atoms with Gasteiger partial charge < -0.3 is 4.90 Å².